The minimum atomic E-state index is -0.614. The van der Waals surface area contributed by atoms with Crippen LogP contribution in [0.4, 0.5) is 0 Å². The third kappa shape index (κ3) is 5.49. The molecule has 1 heterocycles. The van der Waals surface area contributed by atoms with E-state index in [4.69, 9.17) is 11.6 Å². The first-order chi connectivity index (χ1) is 15.4. The molecule has 2 aromatic carbocycles. The standard InChI is InChI=1S/C25H28ClN3O3/c1-16-2-4-18(5-3-16)23(30)28-22(24(31)27-21-10-11-21)17-12-14-29(15-13-17)25(32)19-6-8-20(26)9-7-19/h2-9,17,21-22H,10-15H2,1H3,(H,27,31)(H,28,30)/t22-/m0/s1. The summed E-state index contributed by atoms with van der Waals surface area (Å²) in [5.74, 6) is -0.448. The van der Waals surface area contributed by atoms with Crippen LogP contribution in [0.25, 0.3) is 0 Å². The van der Waals surface area contributed by atoms with Gasteiger partial charge in [0.15, 0.2) is 0 Å². The molecule has 1 aliphatic heterocycles. The quantitative estimate of drug-likeness (QED) is 0.701. The van der Waals surface area contributed by atoms with Crippen molar-refractivity contribution in [3.8, 4) is 0 Å². The van der Waals surface area contributed by atoms with Crippen molar-refractivity contribution in [2.45, 2.75) is 44.7 Å². The third-order valence-electron chi connectivity index (χ3n) is 6.20. The zero-order valence-corrected chi connectivity index (χ0v) is 18.9. The highest BCUT2D eigenvalue weighted by Gasteiger charge is 2.36. The number of nitrogens with zero attached hydrogens (tertiary/aromatic N) is 1. The lowest BCUT2D eigenvalue weighted by Crippen LogP contribution is -2.54. The number of piperidine rings is 1. The average molecular weight is 454 g/mol. The highest BCUT2D eigenvalue weighted by molar-refractivity contribution is 6.30. The summed E-state index contributed by atoms with van der Waals surface area (Å²) in [4.78, 5) is 40.4. The molecule has 0 radical (unpaired) electrons. The first-order valence-electron chi connectivity index (χ1n) is 11.1. The van der Waals surface area contributed by atoms with Crippen LogP contribution in [-0.4, -0.2) is 47.8 Å². The van der Waals surface area contributed by atoms with Crippen molar-refractivity contribution in [3.05, 3.63) is 70.2 Å². The van der Waals surface area contributed by atoms with Gasteiger partial charge in [-0.25, -0.2) is 0 Å². The van der Waals surface area contributed by atoms with Crippen LogP contribution < -0.4 is 10.6 Å². The number of aryl methyl sites for hydroxylation is 1. The van der Waals surface area contributed by atoms with E-state index in [2.05, 4.69) is 10.6 Å². The highest BCUT2D eigenvalue weighted by Crippen LogP contribution is 2.25. The summed E-state index contributed by atoms with van der Waals surface area (Å²) >= 11 is 5.92. The Balaban J connectivity index is 1.41. The number of rotatable bonds is 6. The maximum Gasteiger partial charge on any atom is 0.253 e. The lowest BCUT2D eigenvalue weighted by molar-refractivity contribution is -0.124. The van der Waals surface area contributed by atoms with E-state index in [9.17, 15) is 14.4 Å². The lowest BCUT2D eigenvalue weighted by atomic mass is 9.88. The highest BCUT2D eigenvalue weighted by atomic mass is 35.5. The van der Waals surface area contributed by atoms with Gasteiger partial charge in [-0.15, -0.1) is 0 Å². The molecule has 1 atom stereocenters. The van der Waals surface area contributed by atoms with Gasteiger partial charge in [-0.1, -0.05) is 29.3 Å². The second-order valence-corrected chi connectivity index (χ2v) is 9.17. The van der Waals surface area contributed by atoms with Crippen molar-refractivity contribution < 1.29 is 14.4 Å². The zero-order chi connectivity index (χ0) is 22.7. The monoisotopic (exact) mass is 453 g/mol. The molecule has 3 amide bonds. The number of hydrogen-bond donors (Lipinski definition) is 2. The Morgan fingerprint density at radius 1 is 0.906 bits per heavy atom. The SMILES string of the molecule is Cc1ccc(C(=O)N[C@H](C(=O)NC2CC2)C2CCN(C(=O)c3ccc(Cl)cc3)CC2)cc1. The Morgan fingerprint density at radius 2 is 1.50 bits per heavy atom. The topological polar surface area (TPSA) is 78.5 Å². The van der Waals surface area contributed by atoms with E-state index in [1.54, 1.807) is 41.3 Å². The van der Waals surface area contributed by atoms with Crippen LogP contribution >= 0.6 is 11.6 Å². The van der Waals surface area contributed by atoms with E-state index in [1.807, 2.05) is 19.1 Å². The average Bonchev–Trinajstić information content (AvgIpc) is 3.62. The van der Waals surface area contributed by atoms with Crippen LogP contribution in [0.5, 0.6) is 0 Å². The molecule has 6 nitrogen and oxygen atoms in total. The minimum Gasteiger partial charge on any atom is -0.352 e. The number of hydrogen-bond acceptors (Lipinski definition) is 3. The molecule has 0 aromatic heterocycles. The summed E-state index contributed by atoms with van der Waals surface area (Å²) in [6.45, 7) is 3.05. The van der Waals surface area contributed by atoms with Gasteiger partial charge < -0.3 is 15.5 Å². The van der Waals surface area contributed by atoms with Gasteiger partial charge in [0, 0.05) is 35.3 Å². The minimum absolute atomic E-state index is 0.0302. The smallest absolute Gasteiger partial charge is 0.253 e. The van der Waals surface area contributed by atoms with Crippen LogP contribution in [0, 0.1) is 12.8 Å². The summed E-state index contributed by atoms with van der Waals surface area (Å²) in [7, 11) is 0. The van der Waals surface area contributed by atoms with Gasteiger partial charge in [0.1, 0.15) is 6.04 Å². The van der Waals surface area contributed by atoms with Crippen LogP contribution in [-0.2, 0) is 4.79 Å². The summed E-state index contributed by atoms with van der Waals surface area (Å²) in [6, 6.07) is 13.8. The maximum atomic E-state index is 13.0. The second-order valence-electron chi connectivity index (χ2n) is 8.74. The van der Waals surface area contributed by atoms with Crippen molar-refractivity contribution in [1.29, 1.82) is 0 Å². The Hall–Kier alpha value is -2.86. The predicted molar refractivity (Wildman–Crippen MR) is 124 cm³/mol. The molecule has 2 aliphatic rings. The predicted octanol–water partition coefficient (Wildman–Crippen LogP) is 3.58. The fraction of sp³-hybridized carbons (Fsp3) is 0.400. The Kier molecular flexibility index (Phi) is 6.80. The largest absolute Gasteiger partial charge is 0.352 e. The first kappa shape index (κ1) is 22.3. The molecule has 1 aliphatic carbocycles. The molecule has 0 spiro atoms. The molecule has 168 valence electrons. The summed E-state index contributed by atoms with van der Waals surface area (Å²) in [5.41, 5.74) is 2.21. The number of halogens is 1. The molecule has 1 saturated carbocycles. The van der Waals surface area contributed by atoms with Crippen molar-refractivity contribution in [2.24, 2.45) is 5.92 Å². The third-order valence-corrected chi connectivity index (χ3v) is 6.45. The van der Waals surface area contributed by atoms with Crippen molar-refractivity contribution in [3.63, 3.8) is 0 Å². The van der Waals surface area contributed by atoms with Gasteiger partial charge in [-0.2, -0.15) is 0 Å². The fourth-order valence-corrected chi connectivity index (χ4v) is 4.18. The number of nitrogens with one attached hydrogen (secondary N) is 2. The van der Waals surface area contributed by atoms with Gasteiger partial charge >= 0.3 is 0 Å². The van der Waals surface area contributed by atoms with Gasteiger partial charge in [0.05, 0.1) is 0 Å². The van der Waals surface area contributed by atoms with E-state index in [-0.39, 0.29) is 29.7 Å². The Bertz CT molecular complexity index is 978. The van der Waals surface area contributed by atoms with E-state index in [1.165, 1.54) is 0 Å². The van der Waals surface area contributed by atoms with Crippen LogP contribution in [0.2, 0.25) is 5.02 Å². The van der Waals surface area contributed by atoms with Gasteiger partial charge in [-0.3, -0.25) is 14.4 Å². The normalized spacial score (nSPS) is 17.5. The summed E-state index contributed by atoms with van der Waals surface area (Å²) in [5, 5.41) is 6.60. The van der Waals surface area contributed by atoms with Crippen LogP contribution in [0.1, 0.15) is 52.0 Å². The van der Waals surface area contributed by atoms with Crippen molar-refractivity contribution >= 4 is 29.3 Å². The number of amides is 3. The second kappa shape index (κ2) is 9.74. The first-order valence-corrected chi connectivity index (χ1v) is 11.5. The van der Waals surface area contributed by atoms with Crippen LogP contribution in [0.15, 0.2) is 48.5 Å². The molecule has 32 heavy (non-hydrogen) atoms. The summed E-state index contributed by atoms with van der Waals surface area (Å²) in [6.07, 6.45) is 3.27. The number of carbonyl (C=O) groups excluding carboxylic acids is 3. The van der Waals surface area contributed by atoms with E-state index < -0.39 is 6.04 Å². The number of benzene rings is 2. The van der Waals surface area contributed by atoms with E-state index in [0.29, 0.717) is 42.1 Å². The number of carbonyl (C=O) groups is 3. The molecule has 0 unspecified atom stereocenters. The fourth-order valence-electron chi connectivity index (χ4n) is 4.06. The van der Waals surface area contributed by atoms with E-state index >= 15 is 0 Å². The van der Waals surface area contributed by atoms with E-state index in [0.717, 1.165) is 18.4 Å². The maximum absolute atomic E-state index is 13.0. The number of likely N-dealkylation sites (tertiary alicyclic amines) is 1. The van der Waals surface area contributed by atoms with Gasteiger partial charge in [0.25, 0.3) is 11.8 Å². The molecule has 2 fully saturated rings. The Labute approximate surface area is 193 Å². The molecule has 7 heteroatoms. The zero-order valence-electron chi connectivity index (χ0n) is 18.1. The van der Waals surface area contributed by atoms with Crippen molar-refractivity contribution in [1.82, 2.24) is 15.5 Å². The molecular weight excluding hydrogens is 426 g/mol. The van der Waals surface area contributed by atoms with Gasteiger partial charge in [0.2, 0.25) is 5.91 Å². The molecule has 0 bridgehead atoms. The Morgan fingerprint density at radius 3 is 2.09 bits per heavy atom. The lowest BCUT2D eigenvalue weighted by Gasteiger charge is -2.36. The van der Waals surface area contributed by atoms with Crippen LogP contribution in [0.3, 0.4) is 0 Å². The molecular formula is C25H28ClN3O3. The molecule has 2 aromatic rings. The molecule has 1 saturated heterocycles. The molecule has 2 N–H and O–H groups in total. The van der Waals surface area contributed by atoms with Crippen molar-refractivity contribution in [2.75, 3.05) is 13.1 Å². The van der Waals surface area contributed by atoms with Gasteiger partial charge in [-0.05, 0) is 74.9 Å². The summed E-state index contributed by atoms with van der Waals surface area (Å²) < 4.78 is 0. The molecule has 4 rings (SSSR count).